The Labute approximate surface area is 104 Å². The van der Waals surface area contributed by atoms with Crippen molar-refractivity contribution in [3.63, 3.8) is 0 Å². The number of hydrogen-bond donors (Lipinski definition) is 4. The number of carbonyl (C=O) groups excluding carboxylic acids is 1. The van der Waals surface area contributed by atoms with Crippen molar-refractivity contribution >= 4 is 11.7 Å². The van der Waals surface area contributed by atoms with E-state index in [1.54, 1.807) is 24.5 Å². The van der Waals surface area contributed by atoms with Gasteiger partial charge in [-0.25, -0.2) is 15.8 Å². The molecular formula is C11H14N6O. The topological polar surface area (TPSA) is 109 Å². The van der Waals surface area contributed by atoms with E-state index in [9.17, 15) is 4.79 Å². The number of aromatic nitrogens is 3. The zero-order valence-corrected chi connectivity index (χ0v) is 9.84. The van der Waals surface area contributed by atoms with Gasteiger partial charge in [-0.1, -0.05) is 0 Å². The SMILES string of the molecule is CC(NC(=O)c1ccc(NN)nc1)c1ncc[nH]1. The van der Waals surface area contributed by atoms with Crippen molar-refractivity contribution in [2.45, 2.75) is 13.0 Å². The number of nitrogens with one attached hydrogen (secondary N) is 3. The van der Waals surface area contributed by atoms with Crippen molar-refractivity contribution in [2.24, 2.45) is 5.84 Å². The van der Waals surface area contributed by atoms with E-state index >= 15 is 0 Å². The Hall–Kier alpha value is -2.41. The lowest BCUT2D eigenvalue weighted by Gasteiger charge is -2.11. The Morgan fingerprint density at radius 2 is 2.28 bits per heavy atom. The van der Waals surface area contributed by atoms with Gasteiger partial charge in [0.15, 0.2) is 0 Å². The quantitative estimate of drug-likeness (QED) is 0.466. The maximum Gasteiger partial charge on any atom is 0.253 e. The molecule has 0 saturated heterocycles. The summed E-state index contributed by atoms with van der Waals surface area (Å²) in [6, 6.07) is 3.08. The second-order valence-electron chi connectivity index (χ2n) is 3.75. The number of amides is 1. The van der Waals surface area contributed by atoms with Gasteiger partial charge >= 0.3 is 0 Å². The molecule has 0 bridgehead atoms. The molecule has 0 saturated carbocycles. The average Bonchev–Trinajstić information content (AvgIpc) is 2.92. The molecule has 2 heterocycles. The first-order chi connectivity index (χ1) is 8.70. The van der Waals surface area contributed by atoms with Crippen molar-refractivity contribution in [2.75, 3.05) is 5.43 Å². The summed E-state index contributed by atoms with van der Waals surface area (Å²) < 4.78 is 0. The zero-order chi connectivity index (χ0) is 13.0. The molecule has 5 N–H and O–H groups in total. The maximum absolute atomic E-state index is 11.9. The van der Waals surface area contributed by atoms with Crippen LogP contribution in [0.15, 0.2) is 30.7 Å². The summed E-state index contributed by atoms with van der Waals surface area (Å²) in [4.78, 5) is 22.9. The van der Waals surface area contributed by atoms with Crippen LogP contribution in [0.2, 0.25) is 0 Å². The normalized spacial score (nSPS) is 11.9. The Bertz CT molecular complexity index is 507. The van der Waals surface area contributed by atoms with E-state index in [-0.39, 0.29) is 11.9 Å². The molecular weight excluding hydrogens is 232 g/mol. The van der Waals surface area contributed by atoms with E-state index in [2.05, 4.69) is 25.7 Å². The molecule has 1 amide bonds. The van der Waals surface area contributed by atoms with Crippen LogP contribution in [0.5, 0.6) is 0 Å². The van der Waals surface area contributed by atoms with E-state index in [0.29, 0.717) is 17.2 Å². The van der Waals surface area contributed by atoms with Gasteiger partial charge < -0.3 is 15.7 Å². The molecule has 94 valence electrons. The van der Waals surface area contributed by atoms with Crippen LogP contribution < -0.4 is 16.6 Å². The third-order valence-electron chi connectivity index (χ3n) is 2.45. The van der Waals surface area contributed by atoms with Crippen molar-refractivity contribution < 1.29 is 4.79 Å². The van der Waals surface area contributed by atoms with E-state index in [4.69, 9.17) is 5.84 Å². The average molecular weight is 246 g/mol. The van der Waals surface area contributed by atoms with Crippen LogP contribution in [0.4, 0.5) is 5.82 Å². The lowest BCUT2D eigenvalue weighted by molar-refractivity contribution is 0.0938. The van der Waals surface area contributed by atoms with Gasteiger partial charge in [0.1, 0.15) is 11.6 Å². The number of anilines is 1. The number of imidazole rings is 1. The highest BCUT2D eigenvalue weighted by molar-refractivity contribution is 5.94. The first-order valence-electron chi connectivity index (χ1n) is 5.43. The number of pyridine rings is 1. The smallest absolute Gasteiger partial charge is 0.253 e. The highest BCUT2D eigenvalue weighted by Gasteiger charge is 2.13. The minimum absolute atomic E-state index is 0.195. The molecule has 0 radical (unpaired) electrons. The lowest BCUT2D eigenvalue weighted by atomic mass is 10.2. The van der Waals surface area contributed by atoms with Gasteiger partial charge in [-0.15, -0.1) is 0 Å². The zero-order valence-electron chi connectivity index (χ0n) is 9.84. The van der Waals surface area contributed by atoms with Gasteiger partial charge in [0.2, 0.25) is 0 Å². The first kappa shape index (κ1) is 12.1. The molecule has 2 aromatic rings. The number of hydrogen-bond acceptors (Lipinski definition) is 5. The monoisotopic (exact) mass is 246 g/mol. The summed E-state index contributed by atoms with van der Waals surface area (Å²) in [5.74, 6) is 6.19. The maximum atomic E-state index is 11.9. The third kappa shape index (κ3) is 2.64. The number of nitrogens with two attached hydrogens (primary N) is 1. The molecule has 2 rings (SSSR count). The molecule has 0 fully saturated rings. The number of H-pyrrole nitrogens is 1. The molecule has 7 heteroatoms. The molecule has 18 heavy (non-hydrogen) atoms. The molecule has 0 aliphatic heterocycles. The first-order valence-corrected chi connectivity index (χ1v) is 5.43. The van der Waals surface area contributed by atoms with Crippen LogP contribution in [0.25, 0.3) is 0 Å². The Morgan fingerprint density at radius 3 is 2.83 bits per heavy atom. The standard InChI is InChI=1S/C11H14N6O/c1-7(10-13-4-5-14-10)16-11(18)8-2-3-9(17-12)15-6-8/h2-7H,12H2,1H3,(H,13,14)(H,15,17)(H,16,18). The predicted octanol–water partition coefficient (Wildman–Crippen LogP) is 0.581. The van der Waals surface area contributed by atoms with Crippen molar-refractivity contribution in [1.82, 2.24) is 20.3 Å². The van der Waals surface area contributed by atoms with Crippen LogP contribution in [0.3, 0.4) is 0 Å². The van der Waals surface area contributed by atoms with Gasteiger partial charge in [0.05, 0.1) is 11.6 Å². The van der Waals surface area contributed by atoms with Crippen LogP contribution >= 0.6 is 0 Å². The van der Waals surface area contributed by atoms with Crippen LogP contribution in [0.1, 0.15) is 29.1 Å². The molecule has 0 spiro atoms. The van der Waals surface area contributed by atoms with Gasteiger partial charge in [-0.05, 0) is 19.1 Å². The van der Waals surface area contributed by atoms with E-state index in [1.165, 1.54) is 6.20 Å². The lowest BCUT2D eigenvalue weighted by Crippen LogP contribution is -2.27. The molecule has 0 aliphatic rings. The van der Waals surface area contributed by atoms with Crippen molar-refractivity contribution in [3.8, 4) is 0 Å². The molecule has 1 atom stereocenters. The molecule has 0 aromatic carbocycles. The second-order valence-corrected chi connectivity index (χ2v) is 3.75. The van der Waals surface area contributed by atoms with Crippen LogP contribution in [-0.4, -0.2) is 20.9 Å². The summed E-state index contributed by atoms with van der Waals surface area (Å²) in [6.07, 6.45) is 4.81. The molecule has 7 nitrogen and oxygen atoms in total. The van der Waals surface area contributed by atoms with Gasteiger partial charge in [-0.2, -0.15) is 0 Å². The van der Waals surface area contributed by atoms with Crippen molar-refractivity contribution in [1.29, 1.82) is 0 Å². The summed E-state index contributed by atoms with van der Waals surface area (Å²) in [5, 5.41) is 2.81. The fourth-order valence-corrected chi connectivity index (χ4v) is 1.48. The van der Waals surface area contributed by atoms with E-state index < -0.39 is 0 Å². The van der Waals surface area contributed by atoms with Gasteiger partial charge in [-0.3, -0.25) is 4.79 Å². The number of aromatic amines is 1. The summed E-state index contributed by atoms with van der Waals surface area (Å²) >= 11 is 0. The Balaban J connectivity index is 2.03. The number of carbonyl (C=O) groups is 1. The highest BCUT2D eigenvalue weighted by atomic mass is 16.1. The van der Waals surface area contributed by atoms with Crippen molar-refractivity contribution in [3.05, 3.63) is 42.1 Å². The number of nitrogens with zero attached hydrogens (tertiary/aromatic N) is 2. The van der Waals surface area contributed by atoms with Crippen LogP contribution in [0, 0.1) is 0 Å². The molecule has 0 aliphatic carbocycles. The fourth-order valence-electron chi connectivity index (χ4n) is 1.48. The Morgan fingerprint density at radius 1 is 1.44 bits per heavy atom. The highest BCUT2D eigenvalue weighted by Crippen LogP contribution is 2.08. The number of nitrogen functional groups attached to an aromatic ring is 1. The molecule has 2 aromatic heterocycles. The molecule has 1 unspecified atom stereocenters. The van der Waals surface area contributed by atoms with Crippen LogP contribution in [-0.2, 0) is 0 Å². The Kier molecular flexibility index (Phi) is 3.54. The van der Waals surface area contributed by atoms with E-state index in [0.717, 1.165) is 0 Å². The van der Waals surface area contributed by atoms with E-state index in [1.807, 2.05) is 6.92 Å². The minimum Gasteiger partial charge on any atom is -0.347 e. The number of rotatable bonds is 4. The van der Waals surface area contributed by atoms with Gasteiger partial charge in [0.25, 0.3) is 5.91 Å². The summed E-state index contributed by atoms with van der Waals surface area (Å²) in [7, 11) is 0. The van der Waals surface area contributed by atoms with Gasteiger partial charge in [0, 0.05) is 18.6 Å². The summed E-state index contributed by atoms with van der Waals surface area (Å²) in [5.41, 5.74) is 2.86. The third-order valence-corrected chi connectivity index (χ3v) is 2.45. The number of hydrazine groups is 1. The fraction of sp³-hybridized carbons (Fsp3) is 0.182. The summed E-state index contributed by atoms with van der Waals surface area (Å²) in [6.45, 7) is 1.85. The predicted molar refractivity (Wildman–Crippen MR) is 66.5 cm³/mol. The second kappa shape index (κ2) is 5.28. The minimum atomic E-state index is -0.213. The largest absolute Gasteiger partial charge is 0.347 e.